The standard InChI is InChI=1S/C21H20FN3S2/c1-2-27-25-19-9-10-20(23-12-11-21-24-13-14-26-21)17(15-19)6-3-16-4-7-18(22)8-5-16/h2-10,13-15,23,25H,1,11-12H2/b6-3+. The molecule has 3 aromatic rings. The van der Waals surface area contributed by atoms with E-state index in [1.54, 1.807) is 28.9 Å². The minimum Gasteiger partial charge on any atom is -0.384 e. The van der Waals surface area contributed by atoms with E-state index < -0.39 is 0 Å². The first-order valence-electron chi connectivity index (χ1n) is 8.47. The van der Waals surface area contributed by atoms with Gasteiger partial charge in [0.15, 0.2) is 0 Å². The molecule has 3 rings (SSSR count). The molecule has 0 radical (unpaired) electrons. The Morgan fingerprint density at radius 3 is 2.74 bits per heavy atom. The van der Waals surface area contributed by atoms with Crippen LogP contribution in [0.15, 0.2) is 66.0 Å². The first-order chi connectivity index (χ1) is 13.2. The Morgan fingerprint density at radius 1 is 1.15 bits per heavy atom. The molecule has 27 heavy (non-hydrogen) atoms. The lowest BCUT2D eigenvalue weighted by Crippen LogP contribution is -2.06. The number of thiazole rings is 1. The van der Waals surface area contributed by atoms with Gasteiger partial charge in [-0.3, -0.25) is 0 Å². The summed E-state index contributed by atoms with van der Waals surface area (Å²) in [4.78, 5) is 4.31. The Bertz CT molecular complexity index is 890. The number of anilines is 2. The Kier molecular flexibility index (Phi) is 7.07. The van der Waals surface area contributed by atoms with Crippen molar-refractivity contribution in [2.75, 3.05) is 16.6 Å². The maximum Gasteiger partial charge on any atom is 0.123 e. The van der Waals surface area contributed by atoms with Crippen molar-refractivity contribution >= 4 is 46.8 Å². The van der Waals surface area contributed by atoms with E-state index in [4.69, 9.17) is 0 Å². The largest absolute Gasteiger partial charge is 0.384 e. The van der Waals surface area contributed by atoms with Crippen molar-refractivity contribution < 1.29 is 4.39 Å². The first kappa shape index (κ1) is 19.2. The second-order valence-corrected chi connectivity index (χ2v) is 7.43. The highest BCUT2D eigenvalue weighted by molar-refractivity contribution is 8.03. The van der Waals surface area contributed by atoms with E-state index in [1.807, 2.05) is 29.8 Å². The normalized spacial score (nSPS) is 10.9. The van der Waals surface area contributed by atoms with Gasteiger partial charge in [-0.2, -0.15) is 0 Å². The van der Waals surface area contributed by atoms with Gasteiger partial charge in [-0.25, -0.2) is 9.37 Å². The minimum atomic E-state index is -0.232. The monoisotopic (exact) mass is 397 g/mol. The summed E-state index contributed by atoms with van der Waals surface area (Å²) in [5.41, 5.74) is 4.03. The molecule has 0 aliphatic rings. The highest BCUT2D eigenvalue weighted by Crippen LogP contribution is 2.25. The first-order valence-corrected chi connectivity index (χ1v) is 10.2. The van der Waals surface area contributed by atoms with Crippen molar-refractivity contribution in [2.24, 2.45) is 0 Å². The van der Waals surface area contributed by atoms with Gasteiger partial charge in [-0.1, -0.05) is 30.9 Å². The van der Waals surface area contributed by atoms with Gasteiger partial charge < -0.3 is 10.0 Å². The molecule has 1 aromatic heterocycles. The van der Waals surface area contributed by atoms with Crippen LogP contribution in [0.1, 0.15) is 16.1 Å². The molecule has 0 amide bonds. The molecule has 0 fully saturated rings. The SMILES string of the molecule is C=CSNc1ccc(NCCc2nccs2)c(/C=C/c2ccc(F)cc2)c1. The number of aromatic nitrogens is 1. The van der Waals surface area contributed by atoms with Crippen LogP contribution in [0.5, 0.6) is 0 Å². The summed E-state index contributed by atoms with van der Waals surface area (Å²) < 4.78 is 16.3. The molecule has 2 N–H and O–H groups in total. The third-order valence-electron chi connectivity index (χ3n) is 3.77. The van der Waals surface area contributed by atoms with Crippen LogP contribution in [-0.4, -0.2) is 11.5 Å². The second-order valence-electron chi connectivity index (χ2n) is 5.68. The molecule has 0 unspecified atom stereocenters. The van der Waals surface area contributed by atoms with Crippen molar-refractivity contribution in [1.29, 1.82) is 0 Å². The number of hydrogen-bond acceptors (Lipinski definition) is 5. The van der Waals surface area contributed by atoms with Gasteiger partial charge in [0, 0.05) is 35.9 Å². The molecule has 0 atom stereocenters. The van der Waals surface area contributed by atoms with Crippen molar-refractivity contribution in [3.8, 4) is 0 Å². The van der Waals surface area contributed by atoms with E-state index in [1.165, 1.54) is 24.1 Å². The lowest BCUT2D eigenvalue weighted by atomic mass is 10.1. The zero-order chi connectivity index (χ0) is 18.9. The maximum atomic E-state index is 13.1. The molecule has 0 saturated carbocycles. The van der Waals surface area contributed by atoms with E-state index >= 15 is 0 Å². The van der Waals surface area contributed by atoms with Crippen LogP contribution in [0.2, 0.25) is 0 Å². The summed E-state index contributed by atoms with van der Waals surface area (Å²) in [6, 6.07) is 12.6. The van der Waals surface area contributed by atoms with Crippen molar-refractivity contribution in [3.63, 3.8) is 0 Å². The van der Waals surface area contributed by atoms with Gasteiger partial charge in [0.25, 0.3) is 0 Å². The summed E-state index contributed by atoms with van der Waals surface area (Å²) in [6.07, 6.45) is 6.72. The molecule has 0 bridgehead atoms. The highest BCUT2D eigenvalue weighted by atomic mass is 32.2. The quantitative estimate of drug-likeness (QED) is 0.328. The number of hydrogen-bond donors (Lipinski definition) is 2. The van der Waals surface area contributed by atoms with Crippen LogP contribution in [-0.2, 0) is 6.42 Å². The van der Waals surface area contributed by atoms with Crippen LogP contribution in [0.4, 0.5) is 15.8 Å². The van der Waals surface area contributed by atoms with Crippen molar-refractivity contribution in [2.45, 2.75) is 6.42 Å². The van der Waals surface area contributed by atoms with Crippen LogP contribution < -0.4 is 10.0 Å². The van der Waals surface area contributed by atoms with Crippen LogP contribution in [0, 0.1) is 5.82 Å². The lowest BCUT2D eigenvalue weighted by Gasteiger charge is -2.12. The average molecular weight is 398 g/mol. The third-order valence-corrected chi connectivity index (χ3v) is 5.13. The van der Waals surface area contributed by atoms with Gasteiger partial charge in [-0.15, -0.1) is 11.3 Å². The summed E-state index contributed by atoms with van der Waals surface area (Å²) >= 11 is 3.09. The molecule has 0 aliphatic carbocycles. The second kappa shape index (κ2) is 9.94. The molecule has 138 valence electrons. The molecule has 6 heteroatoms. The predicted molar refractivity (Wildman–Crippen MR) is 117 cm³/mol. The molecule has 0 saturated heterocycles. The Morgan fingerprint density at radius 2 is 2.00 bits per heavy atom. The topological polar surface area (TPSA) is 37.0 Å². The number of nitrogens with zero attached hydrogens (tertiary/aromatic N) is 1. The molecular formula is C21H20FN3S2. The number of halogens is 1. The number of nitrogens with one attached hydrogen (secondary N) is 2. The van der Waals surface area contributed by atoms with E-state index in [9.17, 15) is 4.39 Å². The Labute approximate surface area is 167 Å². The summed E-state index contributed by atoms with van der Waals surface area (Å²) in [5.74, 6) is -0.232. The summed E-state index contributed by atoms with van der Waals surface area (Å²) in [5, 5.41) is 8.33. The van der Waals surface area contributed by atoms with Crippen LogP contribution >= 0.6 is 23.3 Å². The highest BCUT2D eigenvalue weighted by Gasteiger charge is 2.03. The van der Waals surface area contributed by atoms with Crippen molar-refractivity contribution in [3.05, 3.63) is 88.0 Å². The summed E-state index contributed by atoms with van der Waals surface area (Å²) in [7, 11) is 0. The predicted octanol–water partition coefficient (Wildman–Crippen LogP) is 6.31. The molecular weight excluding hydrogens is 377 g/mol. The van der Waals surface area contributed by atoms with Crippen molar-refractivity contribution in [1.82, 2.24) is 4.98 Å². The zero-order valence-electron chi connectivity index (χ0n) is 14.7. The summed E-state index contributed by atoms with van der Waals surface area (Å²) in [6.45, 7) is 4.51. The Balaban J connectivity index is 1.75. The number of rotatable bonds is 9. The Hall–Kier alpha value is -2.57. The fraction of sp³-hybridized carbons (Fsp3) is 0.0952. The van der Waals surface area contributed by atoms with Gasteiger partial charge in [0.05, 0.1) is 5.01 Å². The smallest absolute Gasteiger partial charge is 0.123 e. The lowest BCUT2D eigenvalue weighted by molar-refractivity contribution is 0.628. The molecule has 2 aromatic carbocycles. The zero-order valence-corrected chi connectivity index (χ0v) is 16.3. The van der Waals surface area contributed by atoms with Crippen LogP contribution in [0.25, 0.3) is 12.2 Å². The maximum absolute atomic E-state index is 13.1. The fourth-order valence-corrected chi connectivity index (χ4v) is 3.44. The van der Waals surface area contributed by atoms with Crippen LogP contribution in [0.3, 0.4) is 0 Å². The number of benzene rings is 2. The van der Waals surface area contributed by atoms with E-state index in [0.29, 0.717) is 0 Å². The van der Waals surface area contributed by atoms with Gasteiger partial charge in [0.2, 0.25) is 0 Å². The minimum absolute atomic E-state index is 0.232. The molecule has 1 heterocycles. The average Bonchev–Trinajstić information content (AvgIpc) is 3.20. The van der Waals surface area contributed by atoms with Gasteiger partial charge in [0.1, 0.15) is 5.82 Å². The third kappa shape index (κ3) is 5.98. The molecule has 0 spiro atoms. The van der Waals surface area contributed by atoms with E-state index in [2.05, 4.69) is 33.7 Å². The molecule has 0 aliphatic heterocycles. The molecule has 3 nitrogen and oxygen atoms in total. The van der Waals surface area contributed by atoms with E-state index in [0.717, 1.165) is 40.5 Å². The van der Waals surface area contributed by atoms with E-state index in [-0.39, 0.29) is 5.82 Å². The van der Waals surface area contributed by atoms with Gasteiger partial charge >= 0.3 is 0 Å². The fourth-order valence-electron chi connectivity index (χ4n) is 2.48. The van der Waals surface area contributed by atoms with Gasteiger partial charge in [-0.05, 0) is 58.8 Å².